The Bertz CT molecular complexity index is 260. The molecule has 2 nitrogen and oxygen atoms in total. The van der Waals surface area contributed by atoms with Gasteiger partial charge in [-0.3, -0.25) is 0 Å². The van der Waals surface area contributed by atoms with Crippen molar-refractivity contribution in [3.05, 3.63) is 28.7 Å². The summed E-state index contributed by atoms with van der Waals surface area (Å²) in [6, 6.07) is 0. The van der Waals surface area contributed by atoms with Gasteiger partial charge in [0.05, 0.1) is 7.05 Å². The maximum absolute atomic E-state index is 5.81. The van der Waals surface area contributed by atoms with E-state index in [9.17, 15) is 0 Å². The fourth-order valence-corrected chi connectivity index (χ4v) is 1.28. The maximum Gasteiger partial charge on any atom is 0.245 e. The van der Waals surface area contributed by atoms with Crippen molar-refractivity contribution in [2.45, 2.75) is 6.54 Å². The van der Waals surface area contributed by atoms with E-state index in [0.29, 0.717) is 0 Å². The molecule has 0 aliphatic heterocycles. The monoisotopic (exact) mass is 235 g/mol. The number of nitrogens with zero attached hydrogens (tertiary/aromatic N) is 2. The maximum atomic E-state index is 5.81. The van der Waals surface area contributed by atoms with Crippen molar-refractivity contribution in [2.75, 3.05) is 0 Å². The molecular weight excluding hydrogens is 227 g/mol. The lowest BCUT2D eigenvalue weighted by atomic mass is 10.6. The van der Waals surface area contributed by atoms with Gasteiger partial charge in [-0.1, -0.05) is 22.5 Å². The van der Waals surface area contributed by atoms with E-state index in [1.165, 1.54) is 0 Å². The molecule has 4 heteroatoms. The summed E-state index contributed by atoms with van der Waals surface area (Å²) in [5, 5.41) is 0.721. The molecule has 0 spiro atoms. The zero-order valence-corrected chi connectivity index (χ0v) is 8.56. The molecule has 0 radical (unpaired) electrons. The van der Waals surface area contributed by atoms with Gasteiger partial charge in [-0.15, -0.1) is 0 Å². The third-order valence-electron chi connectivity index (χ3n) is 1.28. The second kappa shape index (κ2) is 3.41. The Balaban J connectivity index is 2.81. The third-order valence-corrected chi connectivity index (χ3v) is 1.90. The highest BCUT2D eigenvalue weighted by Crippen LogP contribution is 2.04. The van der Waals surface area contributed by atoms with Crippen LogP contribution in [0.4, 0.5) is 0 Å². The summed E-state index contributed by atoms with van der Waals surface area (Å²) in [5.74, 6) is 0. The predicted molar refractivity (Wildman–Crippen MR) is 48.7 cm³/mol. The highest BCUT2D eigenvalue weighted by atomic mass is 79.9. The Hall–Kier alpha value is -0.280. The number of rotatable bonds is 2. The van der Waals surface area contributed by atoms with Crippen LogP contribution in [0, 0.1) is 0 Å². The molecular formula is C7H9BrClN2+. The summed E-state index contributed by atoms with van der Waals surface area (Å²) in [6.45, 7) is 4.48. The first-order chi connectivity index (χ1) is 5.09. The minimum absolute atomic E-state index is 0.721. The van der Waals surface area contributed by atoms with E-state index in [-0.39, 0.29) is 0 Å². The smallest absolute Gasteiger partial charge is 0.230 e. The molecule has 11 heavy (non-hydrogen) atoms. The minimum Gasteiger partial charge on any atom is -0.230 e. The van der Waals surface area contributed by atoms with Crippen LogP contribution in [0.1, 0.15) is 0 Å². The first kappa shape index (κ1) is 8.81. The van der Waals surface area contributed by atoms with Gasteiger partial charge in [0.15, 0.2) is 0 Å². The minimum atomic E-state index is 0.721. The standard InChI is InChI=1S/C7H9BrClN2/c1-6(8)3-11-4-7(9)10(2)5-11/h4-5H,1,3H2,2H3/q+1. The molecule has 0 bridgehead atoms. The van der Waals surface area contributed by atoms with Crippen molar-refractivity contribution < 1.29 is 4.57 Å². The summed E-state index contributed by atoms with van der Waals surface area (Å²) in [5.41, 5.74) is 0. The summed E-state index contributed by atoms with van der Waals surface area (Å²) in [4.78, 5) is 0. The summed E-state index contributed by atoms with van der Waals surface area (Å²) in [7, 11) is 1.90. The van der Waals surface area contributed by atoms with E-state index in [1.54, 1.807) is 0 Å². The van der Waals surface area contributed by atoms with Gasteiger partial charge in [-0.05, 0) is 11.6 Å². The van der Waals surface area contributed by atoms with Crippen LogP contribution in [0.25, 0.3) is 0 Å². The normalized spacial score (nSPS) is 10.1. The molecule has 0 saturated carbocycles. The number of hydrogen-bond acceptors (Lipinski definition) is 0. The molecule has 0 atom stereocenters. The zero-order chi connectivity index (χ0) is 8.43. The highest BCUT2D eigenvalue weighted by molar-refractivity contribution is 9.11. The van der Waals surface area contributed by atoms with E-state index in [0.717, 1.165) is 16.2 Å². The molecule has 1 aromatic rings. The number of hydrogen-bond donors (Lipinski definition) is 0. The summed E-state index contributed by atoms with van der Waals surface area (Å²) < 4.78 is 4.74. The highest BCUT2D eigenvalue weighted by Gasteiger charge is 2.06. The number of aromatic nitrogens is 2. The first-order valence-electron chi connectivity index (χ1n) is 3.14. The van der Waals surface area contributed by atoms with Gasteiger partial charge in [-0.25, -0.2) is 9.13 Å². The van der Waals surface area contributed by atoms with Gasteiger partial charge in [0.1, 0.15) is 12.7 Å². The Labute approximate surface area is 79.2 Å². The van der Waals surface area contributed by atoms with Crippen LogP contribution in [0.5, 0.6) is 0 Å². The van der Waals surface area contributed by atoms with E-state index in [4.69, 9.17) is 11.6 Å². The Morgan fingerprint density at radius 1 is 1.91 bits per heavy atom. The molecule has 1 aromatic heterocycles. The third kappa shape index (κ3) is 2.34. The van der Waals surface area contributed by atoms with Gasteiger partial charge >= 0.3 is 0 Å². The van der Waals surface area contributed by atoms with E-state index >= 15 is 0 Å². The molecule has 0 unspecified atom stereocenters. The molecule has 1 heterocycles. The van der Waals surface area contributed by atoms with Crippen LogP contribution < -0.4 is 4.57 Å². The average molecular weight is 237 g/mol. The fraction of sp³-hybridized carbons (Fsp3) is 0.286. The molecule has 0 aromatic carbocycles. The van der Waals surface area contributed by atoms with Crippen LogP contribution >= 0.6 is 27.5 Å². The molecule has 0 aliphatic rings. The Morgan fingerprint density at radius 3 is 2.91 bits per heavy atom. The van der Waals surface area contributed by atoms with Crippen molar-refractivity contribution in [3.8, 4) is 0 Å². The van der Waals surface area contributed by atoms with Crippen LogP contribution in [0.2, 0.25) is 5.15 Å². The SMILES string of the molecule is C=C(Br)C[n+]1cc(Cl)n(C)c1. The van der Waals surface area contributed by atoms with Gasteiger partial charge < -0.3 is 0 Å². The average Bonchev–Trinajstić information content (AvgIpc) is 2.10. The van der Waals surface area contributed by atoms with Gasteiger partial charge in [0.25, 0.3) is 0 Å². The zero-order valence-electron chi connectivity index (χ0n) is 6.22. The van der Waals surface area contributed by atoms with Crippen molar-refractivity contribution in [3.63, 3.8) is 0 Å². The largest absolute Gasteiger partial charge is 0.245 e. The van der Waals surface area contributed by atoms with E-state index in [1.807, 2.05) is 28.7 Å². The lowest BCUT2D eigenvalue weighted by Crippen LogP contribution is -2.30. The van der Waals surface area contributed by atoms with Crippen molar-refractivity contribution >= 4 is 27.5 Å². The van der Waals surface area contributed by atoms with Crippen LogP contribution in [-0.4, -0.2) is 4.57 Å². The lowest BCUT2D eigenvalue weighted by Gasteiger charge is -1.89. The molecule has 0 saturated heterocycles. The number of allylic oxidation sites excluding steroid dienone is 1. The molecule has 1 rings (SSSR count). The molecule has 0 aliphatic carbocycles. The molecule has 0 N–H and O–H groups in total. The first-order valence-corrected chi connectivity index (χ1v) is 4.31. The molecule has 0 fully saturated rings. The van der Waals surface area contributed by atoms with Gasteiger partial charge in [-0.2, -0.15) is 0 Å². The predicted octanol–water partition coefficient (Wildman–Crippen LogP) is 1.87. The summed E-state index contributed by atoms with van der Waals surface area (Å²) >= 11 is 9.09. The Kier molecular flexibility index (Phi) is 2.73. The lowest BCUT2D eigenvalue weighted by molar-refractivity contribution is -0.687. The second-order valence-electron chi connectivity index (χ2n) is 2.37. The molecule has 0 amide bonds. The van der Waals surface area contributed by atoms with E-state index < -0.39 is 0 Å². The second-order valence-corrected chi connectivity index (χ2v) is 3.88. The van der Waals surface area contributed by atoms with E-state index in [2.05, 4.69) is 22.5 Å². The Morgan fingerprint density at radius 2 is 2.55 bits per heavy atom. The molecule has 60 valence electrons. The quantitative estimate of drug-likeness (QED) is 0.693. The van der Waals surface area contributed by atoms with Crippen LogP contribution in [-0.2, 0) is 13.6 Å². The van der Waals surface area contributed by atoms with Gasteiger partial charge in [0, 0.05) is 4.48 Å². The van der Waals surface area contributed by atoms with Crippen molar-refractivity contribution in [1.82, 2.24) is 4.57 Å². The number of imidazole rings is 1. The van der Waals surface area contributed by atoms with Crippen molar-refractivity contribution in [1.29, 1.82) is 0 Å². The van der Waals surface area contributed by atoms with Crippen molar-refractivity contribution in [2.24, 2.45) is 7.05 Å². The van der Waals surface area contributed by atoms with Crippen LogP contribution in [0.15, 0.2) is 23.6 Å². The van der Waals surface area contributed by atoms with Gasteiger partial charge in [0.2, 0.25) is 11.5 Å². The number of aryl methyl sites for hydroxylation is 1. The van der Waals surface area contributed by atoms with Crippen LogP contribution in [0.3, 0.4) is 0 Å². The topological polar surface area (TPSA) is 8.81 Å². The number of halogens is 2. The summed E-state index contributed by atoms with van der Waals surface area (Å²) in [6.07, 6.45) is 3.77. The fourth-order valence-electron chi connectivity index (χ4n) is 0.823.